The van der Waals surface area contributed by atoms with Crippen LogP contribution in [0.4, 0.5) is 11.4 Å². The molecule has 2 N–H and O–H groups in total. The van der Waals surface area contributed by atoms with Crippen LogP contribution in [0.1, 0.15) is 19.4 Å². The molecule has 0 saturated heterocycles. The summed E-state index contributed by atoms with van der Waals surface area (Å²) in [6.45, 7) is 5.46. The topological polar surface area (TPSA) is 76.5 Å². The van der Waals surface area contributed by atoms with Gasteiger partial charge >= 0.3 is 5.63 Å². The lowest BCUT2D eigenvalue weighted by Gasteiger charge is -2.20. The Morgan fingerprint density at radius 1 is 1.42 bits per heavy atom. The van der Waals surface area contributed by atoms with Crippen LogP contribution in [0.5, 0.6) is 0 Å². The Bertz CT molecular complexity index is 704. The fourth-order valence-electron chi connectivity index (χ4n) is 2.21. The van der Waals surface area contributed by atoms with Crippen molar-refractivity contribution >= 4 is 28.3 Å². The molecule has 2 rings (SSSR count). The van der Waals surface area contributed by atoms with E-state index in [0.29, 0.717) is 23.5 Å². The third-order valence-electron chi connectivity index (χ3n) is 3.13. The molecular weight excluding hydrogens is 244 g/mol. The van der Waals surface area contributed by atoms with Gasteiger partial charge in [0.15, 0.2) is 0 Å². The van der Waals surface area contributed by atoms with Crippen LogP contribution in [0.25, 0.3) is 11.0 Å². The highest BCUT2D eigenvalue weighted by Crippen LogP contribution is 2.26. The van der Waals surface area contributed by atoms with E-state index in [1.807, 2.05) is 6.92 Å². The van der Waals surface area contributed by atoms with Crippen molar-refractivity contribution in [3.63, 3.8) is 0 Å². The number of anilines is 2. The molecule has 0 aliphatic carbocycles. The van der Waals surface area contributed by atoms with Crippen LogP contribution in [0.15, 0.2) is 27.4 Å². The molecule has 0 fully saturated rings. The van der Waals surface area contributed by atoms with E-state index >= 15 is 0 Å². The first-order valence-corrected chi connectivity index (χ1v) is 6.06. The van der Waals surface area contributed by atoms with Crippen LogP contribution in [-0.2, 0) is 4.79 Å². The Balaban J connectivity index is 2.79. The summed E-state index contributed by atoms with van der Waals surface area (Å²) in [6, 6.07) is 5.14. The maximum Gasteiger partial charge on any atom is 0.360 e. The number of carbonyl (C=O) groups excluding carboxylic acids is 1. The summed E-state index contributed by atoms with van der Waals surface area (Å²) >= 11 is 0. The number of aryl methyl sites for hydroxylation is 1. The van der Waals surface area contributed by atoms with E-state index in [-0.39, 0.29) is 5.91 Å². The summed E-state index contributed by atoms with van der Waals surface area (Å²) in [5.41, 5.74) is 7.14. The van der Waals surface area contributed by atoms with Crippen molar-refractivity contribution in [2.45, 2.75) is 20.8 Å². The smallest absolute Gasteiger partial charge is 0.360 e. The zero-order chi connectivity index (χ0) is 14.2. The molecule has 0 saturated carbocycles. The van der Waals surface area contributed by atoms with Gasteiger partial charge in [0.05, 0.1) is 0 Å². The van der Waals surface area contributed by atoms with Gasteiger partial charge in [0.25, 0.3) is 0 Å². The monoisotopic (exact) mass is 260 g/mol. The van der Waals surface area contributed by atoms with E-state index in [1.165, 1.54) is 11.8 Å². The SMILES string of the molecule is CCN(C(C)=O)c1c(C)c2ccc(N)cc2oc1=O. The second-order valence-electron chi connectivity index (χ2n) is 4.38. The number of rotatable bonds is 2. The van der Waals surface area contributed by atoms with Crippen molar-refractivity contribution in [1.29, 1.82) is 0 Å². The van der Waals surface area contributed by atoms with Crippen LogP contribution >= 0.6 is 0 Å². The number of hydrogen-bond acceptors (Lipinski definition) is 4. The zero-order valence-corrected chi connectivity index (χ0v) is 11.2. The van der Waals surface area contributed by atoms with Gasteiger partial charge in [-0.2, -0.15) is 0 Å². The molecule has 0 bridgehead atoms. The van der Waals surface area contributed by atoms with Gasteiger partial charge in [-0.3, -0.25) is 4.79 Å². The minimum absolute atomic E-state index is 0.187. The first kappa shape index (κ1) is 13.1. The second-order valence-corrected chi connectivity index (χ2v) is 4.38. The first-order valence-electron chi connectivity index (χ1n) is 6.06. The standard InChI is InChI=1S/C14H16N2O3/c1-4-16(9(3)17)13-8(2)11-6-5-10(15)7-12(11)19-14(13)18/h5-7H,4,15H2,1-3H3. The second kappa shape index (κ2) is 4.76. The molecule has 0 aliphatic heterocycles. The van der Waals surface area contributed by atoms with Gasteiger partial charge in [0.2, 0.25) is 5.91 Å². The lowest BCUT2D eigenvalue weighted by Crippen LogP contribution is -2.32. The number of fused-ring (bicyclic) bond motifs is 1. The van der Waals surface area contributed by atoms with Crippen molar-refractivity contribution < 1.29 is 9.21 Å². The predicted octanol–water partition coefficient (Wildman–Crippen LogP) is 2.06. The Hall–Kier alpha value is -2.30. The largest absolute Gasteiger partial charge is 0.421 e. The molecule has 0 unspecified atom stereocenters. The summed E-state index contributed by atoms with van der Waals surface area (Å²) in [5.74, 6) is -0.187. The van der Waals surface area contributed by atoms with E-state index in [9.17, 15) is 9.59 Å². The quantitative estimate of drug-likeness (QED) is 0.662. The van der Waals surface area contributed by atoms with Crippen molar-refractivity contribution in [3.05, 3.63) is 34.2 Å². The van der Waals surface area contributed by atoms with Crippen LogP contribution in [-0.4, -0.2) is 12.5 Å². The van der Waals surface area contributed by atoms with Crippen LogP contribution < -0.4 is 16.3 Å². The Morgan fingerprint density at radius 2 is 2.11 bits per heavy atom. The predicted molar refractivity (Wildman–Crippen MR) is 75.3 cm³/mol. The van der Waals surface area contributed by atoms with Gasteiger partial charge in [0, 0.05) is 30.6 Å². The molecule has 0 atom stereocenters. The van der Waals surface area contributed by atoms with Gasteiger partial charge in [-0.1, -0.05) is 0 Å². The average molecular weight is 260 g/mol. The van der Waals surface area contributed by atoms with Crippen LogP contribution in [0, 0.1) is 6.92 Å². The molecule has 5 heteroatoms. The highest BCUT2D eigenvalue weighted by Gasteiger charge is 2.19. The Labute approximate surface area is 110 Å². The van der Waals surface area contributed by atoms with Gasteiger partial charge < -0.3 is 15.1 Å². The average Bonchev–Trinajstić information content (AvgIpc) is 2.33. The molecular formula is C14H16N2O3. The van der Waals surface area contributed by atoms with Crippen molar-refractivity contribution in [2.75, 3.05) is 17.2 Å². The van der Waals surface area contributed by atoms with Gasteiger partial charge in [-0.15, -0.1) is 0 Å². The summed E-state index contributed by atoms with van der Waals surface area (Å²) in [6.07, 6.45) is 0. The van der Waals surface area contributed by atoms with E-state index < -0.39 is 5.63 Å². The number of hydrogen-bond donors (Lipinski definition) is 1. The fourth-order valence-corrected chi connectivity index (χ4v) is 2.21. The lowest BCUT2D eigenvalue weighted by molar-refractivity contribution is -0.116. The molecule has 1 amide bonds. The van der Waals surface area contributed by atoms with Crippen molar-refractivity contribution in [1.82, 2.24) is 0 Å². The van der Waals surface area contributed by atoms with Crippen LogP contribution in [0.2, 0.25) is 0 Å². The van der Waals surface area contributed by atoms with Crippen molar-refractivity contribution in [3.8, 4) is 0 Å². The van der Waals surface area contributed by atoms with Gasteiger partial charge in [-0.25, -0.2) is 4.79 Å². The minimum Gasteiger partial charge on any atom is -0.421 e. The number of nitrogens with two attached hydrogens (primary N) is 1. The number of carbonyl (C=O) groups is 1. The van der Waals surface area contributed by atoms with E-state index in [2.05, 4.69) is 0 Å². The molecule has 19 heavy (non-hydrogen) atoms. The highest BCUT2D eigenvalue weighted by atomic mass is 16.4. The number of benzene rings is 1. The Kier molecular flexibility index (Phi) is 3.29. The summed E-state index contributed by atoms with van der Waals surface area (Å²) < 4.78 is 5.26. The van der Waals surface area contributed by atoms with Gasteiger partial charge in [0.1, 0.15) is 11.3 Å². The van der Waals surface area contributed by atoms with E-state index in [1.54, 1.807) is 25.1 Å². The molecule has 0 aliphatic rings. The molecule has 1 aromatic carbocycles. The molecule has 0 radical (unpaired) electrons. The number of nitrogens with zero attached hydrogens (tertiary/aromatic N) is 1. The molecule has 1 heterocycles. The van der Waals surface area contributed by atoms with E-state index in [0.717, 1.165) is 10.9 Å². The third kappa shape index (κ3) is 2.19. The Morgan fingerprint density at radius 3 is 2.68 bits per heavy atom. The summed E-state index contributed by atoms with van der Waals surface area (Å²) in [5, 5.41) is 0.781. The summed E-state index contributed by atoms with van der Waals surface area (Å²) in [4.78, 5) is 25.1. The molecule has 5 nitrogen and oxygen atoms in total. The normalized spacial score (nSPS) is 10.7. The number of amides is 1. The lowest BCUT2D eigenvalue weighted by atomic mass is 10.1. The van der Waals surface area contributed by atoms with Gasteiger partial charge in [-0.05, 0) is 31.5 Å². The highest BCUT2D eigenvalue weighted by molar-refractivity contribution is 5.95. The molecule has 2 aromatic rings. The zero-order valence-electron chi connectivity index (χ0n) is 11.2. The summed E-state index contributed by atoms with van der Waals surface area (Å²) in [7, 11) is 0. The first-order chi connectivity index (χ1) is 8.95. The molecule has 1 aromatic heterocycles. The number of nitrogen functional groups attached to an aromatic ring is 1. The van der Waals surface area contributed by atoms with E-state index in [4.69, 9.17) is 10.2 Å². The minimum atomic E-state index is -0.521. The third-order valence-corrected chi connectivity index (χ3v) is 3.13. The van der Waals surface area contributed by atoms with Crippen LogP contribution in [0.3, 0.4) is 0 Å². The molecule has 0 spiro atoms. The maximum atomic E-state index is 12.1. The fraction of sp³-hybridized carbons (Fsp3) is 0.286. The van der Waals surface area contributed by atoms with Crippen molar-refractivity contribution in [2.24, 2.45) is 0 Å². The molecule has 100 valence electrons. The maximum absolute atomic E-state index is 12.1.